The third kappa shape index (κ3) is 3.08. The van der Waals surface area contributed by atoms with E-state index >= 15 is 0 Å². The molecule has 0 N–H and O–H groups in total. The van der Waals surface area contributed by atoms with Crippen LogP contribution in [0.3, 0.4) is 0 Å². The summed E-state index contributed by atoms with van der Waals surface area (Å²) in [5.74, 6) is 1.05. The number of imidazole rings is 1. The van der Waals surface area contributed by atoms with Gasteiger partial charge in [0.15, 0.2) is 0 Å². The van der Waals surface area contributed by atoms with Crippen LogP contribution in [0, 0.1) is 0 Å². The van der Waals surface area contributed by atoms with Crippen LogP contribution in [0.25, 0.3) is 10.7 Å². The SMILES string of the molecule is CC(C)(C)c1ccc(Cn2ccnc2-c2cccs2)cc1. The van der Waals surface area contributed by atoms with Gasteiger partial charge in [-0.05, 0) is 28.0 Å². The molecule has 0 unspecified atom stereocenters. The van der Waals surface area contributed by atoms with Gasteiger partial charge in [-0.15, -0.1) is 11.3 Å². The van der Waals surface area contributed by atoms with E-state index in [4.69, 9.17) is 0 Å². The second-order valence-electron chi connectivity index (χ2n) is 6.30. The summed E-state index contributed by atoms with van der Waals surface area (Å²) < 4.78 is 2.21. The van der Waals surface area contributed by atoms with E-state index in [1.165, 1.54) is 16.0 Å². The topological polar surface area (TPSA) is 17.8 Å². The Hall–Kier alpha value is -1.87. The largest absolute Gasteiger partial charge is 0.326 e. The summed E-state index contributed by atoms with van der Waals surface area (Å²) in [5, 5.41) is 2.09. The van der Waals surface area contributed by atoms with Gasteiger partial charge >= 0.3 is 0 Å². The van der Waals surface area contributed by atoms with Gasteiger partial charge in [-0.3, -0.25) is 0 Å². The van der Waals surface area contributed by atoms with Gasteiger partial charge in [0.25, 0.3) is 0 Å². The number of hydrogen-bond acceptors (Lipinski definition) is 2. The fourth-order valence-electron chi connectivity index (χ4n) is 2.37. The van der Waals surface area contributed by atoms with Gasteiger partial charge in [0.05, 0.1) is 4.88 Å². The summed E-state index contributed by atoms with van der Waals surface area (Å²) in [6, 6.07) is 13.1. The summed E-state index contributed by atoms with van der Waals surface area (Å²) in [6.07, 6.45) is 3.92. The standard InChI is InChI=1S/C18H20N2S/c1-18(2,3)15-8-6-14(7-9-15)13-20-11-10-19-17(20)16-5-4-12-21-16/h4-12H,13H2,1-3H3. The van der Waals surface area contributed by atoms with Crippen LogP contribution < -0.4 is 0 Å². The molecule has 2 nitrogen and oxygen atoms in total. The molecular formula is C18H20N2S. The highest BCUT2D eigenvalue weighted by Gasteiger charge is 2.13. The summed E-state index contributed by atoms with van der Waals surface area (Å²) >= 11 is 1.73. The first-order valence-corrected chi connectivity index (χ1v) is 8.06. The number of rotatable bonds is 3. The van der Waals surface area contributed by atoms with Crippen molar-refractivity contribution in [2.24, 2.45) is 0 Å². The van der Waals surface area contributed by atoms with Crippen LogP contribution in [-0.4, -0.2) is 9.55 Å². The maximum Gasteiger partial charge on any atom is 0.150 e. The van der Waals surface area contributed by atoms with Crippen molar-refractivity contribution in [3.05, 3.63) is 65.3 Å². The lowest BCUT2D eigenvalue weighted by Gasteiger charge is -2.19. The summed E-state index contributed by atoms with van der Waals surface area (Å²) in [4.78, 5) is 5.70. The van der Waals surface area contributed by atoms with E-state index in [1.54, 1.807) is 11.3 Å². The van der Waals surface area contributed by atoms with E-state index in [0.717, 1.165) is 12.4 Å². The number of hydrogen-bond donors (Lipinski definition) is 0. The predicted molar refractivity (Wildman–Crippen MR) is 89.8 cm³/mol. The molecule has 0 radical (unpaired) electrons. The highest BCUT2D eigenvalue weighted by atomic mass is 32.1. The van der Waals surface area contributed by atoms with Crippen molar-refractivity contribution < 1.29 is 0 Å². The molecule has 0 fully saturated rings. The zero-order valence-corrected chi connectivity index (χ0v) is 13.5. The minimum absolute atomic E-state index is 0.204. The van der Waals surface area contributed by atoms with E-state index in [1.807, 2.05) is 12.4 Å². The molecule has 0 atom stereocenters. The molecule has 0 bridgehead atoms. The minimum Gasteiger partial charge on any atom is -0.326 e. The maximum absolute atomic E-state index is 4.49. The van der Waals surface area contributed by atoms with E-state index < -0.39 is 0 Å². The van der Waals surface area contributed by atoms with Crippen molar-refractivity contribution >= 4 is 11.3 Å². The molecule has 2 aromatic heterocycles. The Morgan fingerprint density at radius 1 is 1.10 bits per heavy atom. The predicted octanol–water partition coefficient (Wildman–Crippen LogP) is 4.96. The van der Waals surface area contributed by atoms with Gasteiger partial charge in [-0.2, -0.15) is 0 Å². The monoisotopic (exact) mass is 296 g/mol. The quantitative estimate of drug-likeness (QED) is 0.668. The molecule has 0 aliphatic heterocycles. The maximum atomic E-state index is 4.49. The summed E-state index contributed by atoms with van der Waals surface area (Å²) in [7, 11) is 0. The molecule has 3 aromatic rings. The van der Waals surface area contributed by atoms with Crippen LogP contribution in [-0.2, 0) is 12.0 Å². The van der Waals surface area contributed by atoms with E-state index in [2.05, 4.69) is 72.1 Å². The first kappa shape index (κ1) is 14.1. The summed E-state index contributed by atoms with van der Waals surface area (Å²) in [5.41, 5.74) is 2.88. The number of nitrogens with zero attached hydrogens (tertiary/aromatic N) is 2. The molecule has 3 heteroatoms. The van der Waals surface area contributed by atoms with Crippen molar-refractivity contribution in [1.82, 2.24) is 9.55 Å². The Kier molecular flexibility index (Phi) is 3.68. The van der Waals surface area contributed by atoms with Crippen LogP contribution in [0.5, 0.6) is 0 Å². The van der Waals surface area contributed by atoms with Crippen molar-refractivity contribution in [1.29, 1.82) is 0 Å². The lowest BCUT2D eigenvalue weighted by atomic mass is 9.87. The normalized spacial score (nSPS) is 11.8. The lowest BCUT2D eigenvalue weighted by molar-refractivity contribution is 0.590. The van der Waals surface area contributed by atoms with Crippen molar-refractivity contribution in [3.63, 3.8) is 0 Å². The highest BCUT2D eigenvalue weighted by Crippen LogP contribution is 2.25. The Labute approximate surface area is 130 Å². The molecule has 0 amide bonds. The van der Waals surface area contributed by atoms with Gasteiger partial charge in [0.2, 0.25) is 0 Å². The average Bonchev–Trinajstić information content (AvgIpc) is 3.08. The van der Waals surface area contributed by atoms with E-state index in [-0.39, 0.29) is 5.41 Å². The summed E-state index contributed by atoms with van der Waals surface area (Å²) in [6.45, 7) is 7.59. The van der Waals surface area contributed by atoms with Crippen molar-refractivity contribution in [2.45, 2.75) is 32.7 Å². The Balaban J connectivity index is 1.83. The van der Waals surface area contributed by atoms with Crippen LogP contribution in [0.1, 0.15) is 31.9 Å². The third-order valence-electron chi connectivity index (χ3n) is 3.63. The molecule has 3 rings (SSSR count). The van der Waals surface area contributed by atoms with Gasteiger partial charge in [0, 0.05) is 18.9 Å². The molecule has 0 saturated heterocycles. The minimum atomic E-state index is 0.204. The van der Waals surface area contributed by atoms with Crippen molar-refractivity contribution in [3.8, 4) is 10.7 Å². The van der Waals surface area contributed by atoms with Gasteiger partial charge in [-0.25, -0.2) is 4.98 Å². The first-order chi connectivity index (χ1) is 10.0. The molecule has 0 saturated carbocycles. The highest BCUT2D eigenvalue weighted by molar-refractivity contribution is 7.13. The Bertz CT molecular complexity index is 701. The lowest BCUT2D eigenvalue weighted by Crippen LogP contribution is -2.11. The van der Waals surface area contributed by atoms with E-state index in [0.29, 0.717) is 0 Å². The van der Waals surface area contributed by atoms with Gasteiger partial charge in [-0.1, -0.05) is 51.1 Å². The molecule has 108 valence electrons. The van der Waals surface area contributed by atoms with E-state index in [9.17, 15) is 0 Å². The van der Waals surface area contributed by atoms with Crippen molar-refractivity contribution in [2.75, 3.05) is 0 Å². The number of aromatic nitrogens is 2. The first-order valence-electron chi connectivity index (χ1n) is 7.18. The molecule has 0 aliphatic carbocycles. The fraction of sp³-hybridized carbons (Fsp3) is 0.278. The molecule has 0 spiro atoms. The van der Waals surface area contributed by atoms with Gasteiger partial charge in [0.1, 0.15) is 5.82 Å². The Morgan fingerprint density at radius 3 is 2.48 bits per heavy atom. The van der Waals surface area contributed by atoms with Crippen LogP contribution in [0.15, 0.2) is 54.2 Å². The molecule has 21 heavy (non-hydrogen) atoms. The second kappa shape index (κ2) is 5.49. The zero-order chi connectivity index (χ0) is 14.9. The molecule has 0 aliphatic rings. The Morgan fingerprint density at radius 2 is 1.86 bits per heavy atom. The van der Waals surface area contributed by atoms with Crippen LogP contribution in [0.4, 0.5) is 0 Å². The molecule has 1 aromatic carbocycles. The number of benzene rings is 1. The second-order valence-corrected chi connectivity index (χ2v) is 7.25. The fourth-order valence-corrected chi connectivity index (χ4v) is 3.11. The van der Waals surface area contributed by atoms with Crippen LogP contribution in [0.2, 0.25) is 0 Å². The third-order valence-corrected chi connectivity index (χ3v) is 4.50. The smallest absolute Gasteiger partial charge is 0.150 e. The molecule has 2 heterocycles. The van der Waals surface area contributed by atoms with Gasteiger partial charge < -0.3 is 4.57 Å². The molecular weight excluding hydrogens is 276 g/mol. The van der Waals surface area contributed by atoms with Crippen LogP contribution >= 0.6 is 11.3 Å². The number of thiophene rings is 1. The average molecular weight is 296 g/mol. The zero-order valence-electron chi connectivity index (χ0n) is 12.7.